The van der Waals surface area contributed by atoms with Gasteiger partial charge in [0.25, 0.3) is 0 Å². The number of likely N-dealkylation sites (N-methyl/N-ethyl adjacent to an activating group) is 1. The molecular formula is C11H19NO5. The molecule has 0 spiro atoms. The van der Waals surface area contributed by atoms with Gasteiger partial charge in [-0.3, -0.25) is 0 Å². The third-order valence-corrected chi connectivity index (χ3v) is 1.65. The van der Waals surface area contributed by atoms with Crippen LogP contribution in [0.25, 0.3) is 0 Å². The smallest absolute Gasteiger partial charge is 0.431 e. The van der Waals surface area contributed by atoms with E-state index in [-0.39, 0.29) is 6.10 Å². The molecule has 0 bridgehead atoms. The van der Waals surface area contributed by atoms with E-state index in [0.717, 1.165) is 5.57 Å². The predicted octanol–water partition coefficient (Wildman–Crippen LogP) is 1.56. The second-order valence-electron chi connectivity index (χ2n) is 3.74. The van der Waals surface area contributed by atoms with E-state index < -0.39 is 18.9 Å². The van der Waals surface area contributed by atoms with Gasteiger partial charge in [0.1, 0.15) is 5.70 Å². The number of rotatable bonds is 5. The number of allylic oxidation sites excluding steroid dienone is 1. The fourth-order valence-electron chi connectivity index (χ4n) is 0.986. The van der Waals surface area contributed by atoms with Crippen molar-refractivity contribution < 1.29 is 23.8 Å². The summed E-state index contributed by atoms with van der Waals surface area (Å²) in [7, 11) is 1.61. The Hall–Kier alpha value is -1.72. The average molecular weight is 245 g/mol. The van der Waals surface area contributed by atoms with Gasteiger partial charge in [-0.05, 0) is 33.3 Å². The number of ether oxygens (including phenoxy) is 3. The Kier molecular flexibility index (Phi) is 6.77. The predicted molar refractivity (Wildman–Crippen MR) is 61.1 cm³/mol. The molecule has 0 heterocycles. The summed E-state index contributed by atoms with van der Waals surface area (Å²) in [6, 6.07) is 0. The van der Waals surface area contributed by atoms with E-state index in [1.54, 1.807) is 34.7 Å². The van der Waals surface area contributed by atoms with Crippen LogP contribution in [-0.4, -0.2) is 32.1 Å². The molecule has 0 aliphatic rings. The van der Waals surface area contributed by atoms with E-state index in [1.807, 2.05) is 0 Å². The molecule has 0 aromatic carbocycles. The lowest BCUT2D eigenvalue weighted by Crippen LogP contribution is -2.22. The summed E-state index contributed by atoms with van der Waals surface area (Å²) in [4.78, 5) is 22.4. The Morgan fingerprint density at radius 2 is 1.76 bits per heavy atom. The highest BCUT2D eigenvalue weighted by Gasteiger charge is 2.12. The molecule has 98 valence electrons. The Balaban J connectivity index is 4.02. The molecule has 0 saturated carbocycles. The Morgan fingerprint density at radius 3 is 2.18 bits per heavy atom. The molecule has 0 fully saturated rings. The Bertz CT molecular complexity index is 305. The zero-order chi connectivity index (χ0) is 13.4. The minimum atomic E-state index is -0.865. The summed E-state index contributed by atoms with van der Waals surface area (Å²) in [5.41, 5.74) is 1.12. The quantitative estimate of drug-likeness (QED) is 0.450. The summed E-state index contributed by atoms with van der Waals surface area (Å²) in [6.07, 6.45) is -1.14. The van der Waals surface area contributed by atoms with E-state index in [9.17, 15) is 9.59 Å². The van der Waals surface area contributed by atoms with Gasteiger partial charge in [0.15, 0.2) is 0 Å². The number of hydrogen-bond donors (Lipinski definition) is 1. The maximum Gasteiger partial charge on any atom is 0.511 e. The van der Waals surface area contributed by atoms with Crippen LogP contribution in [0, 0.1) is 0 Å². The second kappa shape index (κ2) is 7.54. The summed E-state index contributed by atoms with van der Waals surface area (Å²) in [6.45, 7) is 6.44. The Labute approximate surface area is 101 Å². The van der Waals surface area contributed by atoms with Crippen molar-refractivity contribution in [2.45, 2.75) is 33.8 Å². The minimum Gasteiger partial charge on any atom is -0.431 e. The molecular weight excluding hydrogens is 226 g/mol. The standard InChI is InChI=1S/C11H19NO5/c1-7(2)9(12-5)10(13)15-6-16-11(14)17-8(3)4/h8,12H,6H2,1-5H3. The van der Waals surface area contributed by atoms with E-state index in [1.165, 1.54) is 0 Å². The van der Waals surface area contributed by atoms with Crippen molar-refractivity contribution in [1.82, 2.24) is 5.32 Å². The first-order valence-corrected chi connectivity index (χ1v) is 5.24. The molecule has 0 aromatic heterocycles. The van der Waals surface area contributed by atoms with Crippen LogP contribution in [0.4, 0.5) is 4.79 Å². The number of carbonyl (C=O) groups excluding carboxylic acids is 2. The van der Waals surface area contributed by atoms with Gasteiger partial charge in [-0.1, -0.05) is 0 Å². The van der Waals surface area contributed by atoms with Crippen molar-refractivity contribution in [3.8, 4) is 0 Å². The van der Waals surface area contributed by atoms with Crippen molar-refractivity contribution in [1.29, 1.82) is 0 Å². The molecule has 0 atom stereocenters. The molecule has 0 rings (SSSR count). The van der Waals surface area contributed by atoms with Crippen LogP contribution in [0.3, 0.4) is 0 Å². The van der Waals surface area contributed by atoms with Crippen molar-refractivity contribution in [2.24, 2.45) is 0 Å². The average Bonchev–Trinajstić information content (AvgIpc) is 2.16. The van der Waals surface area contributed by atoms with Crippen LogP contribution in [0.1, 0.15) is 27.7 Å². The number of hydrogen-bond acceptors (Lipinski definition) is 6. The van der Waals surface area contributed by atoms with Crippen LogP contribution >= 0.6 is 0 Å². The summed E-state index contributed by atoms with van der Waals surface area (Å²) in [5, 5.41) is 2.70. The van der Waals surface area contributed by atoms with Crippen molar-refractivity contribution in [3.05, 3.63) is 11.3 Å². The number of nitrogens with one attached hydrogen (secondary N) is 1. The fraction of sp³-hybridized carbons (Fsp3) is 0.636. The van der Waals surface area contributed by atoms with Gasteiger partial charge in [0.05, 0.1) is 6.10 Å². The molecule has 0 aliphatic heterocycles. The largest absolute Gasteiger partial charge is 0.511 e. The first-order chi connectivity index (χ1) is 7.88. The van der Waals surface area contributed by atoms with Crippen LogP contribution < -0.4 is 5.32 Å². The monoisotopic (exact) mass is 245 g/mol. The van der Waals surface area contributed by atoms with E-state index in [2.05, 4.69) is 14.8 Å². The topological polar surface area (TPSA) is 73.9 Å². The molecule has 0 radical (unpaired) electrons. The van der Waals surface area contributed by atoms with E-state index in [4.69, 9.17) is 4.74 Å². The molecule has 0 aliphatic carbocycles. The first-order valence-electron chi connectivity index (χ1n) is 5.24. The maximum absolute atomic E-state index is 11.4. The van der Waals surface area contributed by atoms with Gasteiger partial charge in [-0.2, -0.15) is 0 Å². The zero-order valence-electron chi connectivity index (χ0n) is 10.8. The van der Waals surface area contributed by atoms with Crippen LogP contribution in [0.15, 0.2) is 11.3 Å². The number of esters is 1. The van der Waals surface area contributed by atoms with Crippen LogP contribution in [0.5, 0.6) is 0 Å². The van der Waals surface area contributed by atoms with Gasteiger partial charge in [-0.25, -0.2) is 9.59 Å². The van der Waals surface area contributed by atoms with Crippen molar-refractivity contribution in [3.63, 3.8) is 0 Å². The molecule has 17 heavy (non-hydrogen) atoms. The van der Waals surface area contributed by atoms with Gasteiger partial charge >= 0.3 is 12.1 Å². The lowest BCUT2D eigenvalue weighted by atomic mass is 10.2. The SMILES string of the molecule is CNC(C(=O)OCOC(=O)OC(C)C)=C(C)C. The highest BCUT2D eigenvalue weighted by molar-refractivity contribution is 5.88. The highest BCUT2D eigenvalue weighted by atomic mass is 16.8. The van der Waals surface area contributed by atoms with Crippen molar-refractivity contribution >= 4 is 12.1 Å². The first kappa shape index (κ1) is 15.3. The summed E-state index contributed by atoms with van der Waals surface area (Å²) < 4.78 is 14.0. The molecule has 0 unspecified atom stereocenters. The lowest BCUT2D eigenvalue weighted by molar-refractivity contribution is -0.149. The third-order valence-electron chi connectivity index (χ3n) is 1.65. The maximum atomic E-state index is 11.4. The highest BCUT2D eigenvalue weighted by Crippen LogP contribution is 2.02. The molecule has 0 aromatic rings. The van der Waals surface area contributed by atoms with Gasteiger partial charge in [0.2, 0.25) is 6.79 Å². The fourth-order valence-corrected chi connectivity index (χ4v) is 0.986. The molecule has 6 heteroatoms. The molecule has 0 amide bonds. The van der Waals surface area contributed by atoms with Gasteiger partial charge < -0.3 is 19.5 Å². The molecule has 0 saturated heterocycles. The summed E-state index contributed by atoms with van der Waals surface area (Å²) in [5.74, 6) is -0.579. The third kappa shape index (κ3) is 6.44. The van der Waals surface area contributed by atoms with Gasteiger partial charge in [0, 0.05) is 7.05 Å². The van der Waals surface area contributed by atoms with Crippen LogP contribution in [0.2, 0.25) is 0 Å². The van der Waals surface area contributed by atoms with Crippen molar-refractivity contribution in [2.75, 3.05) is 13.8 Å². The Morgan fingerprint density at radius 1 is 1.18 bits per heavy atom. The molecule has 1 N–H and O–H groups in total. The van der Waals surface area contributed by atoms with Crippen LogP contribution in [-0.2, 0) is 19.0 Å². The summed E-state index contributed by atoms with van der Waals surface area (Å²) >= 11 is 0. The number of carbonyl (C=O) groups is 2. The minimum absolute atomic E-state index is 0.274. The van der Waals surface area contributed by atoms with E-state index >= 15 is 0 Å². The normalized spacial score (nSPS) is 9.53. The van der Waals surface area contributed by atoms with E-state index in [0.29, 0.717) is 5.70 Å². The zero-order valence-corrected chi connectivity index (χ0v) is 10.8. The second-order valence-corrected chi connectivity index (χ2v) is 3.74. The lowest BCUT2D eigenvalue weighted by Gasteiger charge is -2.11. The van der Waals surface area contributed by atoms with Gasteiger partial charge in [-0.15, -0.1) is 0 Å². The molecule has 6 nitrogen and oxygen atoms in total.